The molecule has 4 aromatic rings. The highest BCUT2D eigenvalue weighted by molar-refractivity contribution is 7.98. The predicted molar refractivity (Wildman–Crippen MR) is 142 cm³/mol. The van der Waals surface area contributed by atoms with Gasteiger partial charge < -0.3 is 9.72 Å². The fourth-order valence-corrected chi connectivity index (χ4v) is 5.95. The largest absolute Gasteiger partial charge is 0.463 e. The molecule has 0 saturated heterocycles. The van der Waals surface area contributed by atoms with E-state index in [4.69, 9.17) is 4.74 Å². The zero-order chi connectivity index (χ0) is 24.7. The van der Waals surface area contributed by atoms with Crippen LogP contribution in [0.1, 0.15) is 36.7 Å². The Labute approximate surface area is 210 Å². The van der Waals surface area contributed by atoms with Crippen LogP contribution in [0, 0.1) is 6.92 Å². The van der Waals surface area contributed by atoms with Gasteiger partial charge in [-0.25, -0.2) is 9.79 Å². The minimum Gasteiger partial charge on any atom is -0.463 e. The highest BCUT2D eigenvalue weighted by Crippen LogP contribution is 2.31. The summed E-state index contributed by atoms with van der Waals surface area (Å²) in [6, 6.07) is 15.4. The van der Waals surface area contributed by atoms with Crippen LogP contribution in [0.15, 0.2) is 74.5 Å². The van der Waals surface area contributed by atoms with Crippen molar-refractivity contribution in [1.82, 2.24) is 9.55 Å². The second-order valence-corrected chi connectivity index (χ2v) is 10.2. The number of nitrogens with zero attached hydrogens (tertiary/aromatic N) is 2. The Morgan fingerprint density at radius 1 is 1.20 bits per heavy atom. The van der Waals surface area contributed by atoms with Gasteiger partial charge >= 0.3 is 5.97 Å². The smallest absolute Gasteiger partial charge is 0.338 e. The van der Waals surface area contributed by atoms with Gasteiger partial charge in [-0.05, 0) is 56.9 Å². The molecule has 0 spiro atoms. The number of nitrogens with one attached hydrogen (secondary N) is 1. The SMILES string of the molecule is CCOC(=O)C1=C(C)N=c2sc(=Cc3c(C)[nH]c4ccccc34)c(=O)n2[C@H]1c1ccc(SC)cc1. The zero-order valence-corrected chi connectivity index (χ0v) is 21.5. The number of carbonyl (C=O) groups is 1. The van der Waals surface area contributed by atoms with Crippen molar-refractivity contribution in [3.63, 3.8) is 0 Å². The fourth-order valence-electron chi connectivity index (χ4n) is 4.51. The third kappa shape index (κ3) is 4.06. The number of fused-ring (bicyclic) bond motifs is 2. The van der Waals surface area contributed by atoms with Gasteiger partial charge in [0.25, 0.3) is 5.56 Å². The summed E-state index contributed by atoms with van der Waals surface area (Å²) < 4.78 is 7.58. The average Bonchev–Trinajstić information content (AvgIpc) is 3.34. The van der Waals surface area contributed by atoms with E-state index >= 15 is 0 Å². The van der Waals surface area contributed by atoms with Gasteiger partial charge in [0.1, 0.15) is 0 Å². The van der Waals surface area contributed by atoms with Crippen molar-refractivity contribution in [3.05, 3.63) is 96.3 Å². The van der Waals surface area contributed by atoms with E-state index in [0.29, 0.717) is 20.6 Å². The number of aryl methyl sites for hydroxylation is 1. The highest BCUT2D eigenvalue weighted by atomic mass is 32.2. The number of carbonyl (C=O) groups excluding carboxylic acids is 1. The van der Waals surface area contributed by atoms with Crippen LogP contribution in [0.2, 0.25) is 0 Å². The molecule has 0 amide bonds. The van der Waals surface area contributed by atoms with Crippen LogP contribution in [-0.4, -0.2) is 28.4 Å². The van der Waals surface area contributed by atoms with E-state index in [-0.39, 0.29) is 12.2 Å². The number of para-hydroxylation sites is 1. The zero-order valence-electron chi connectivity index (χ0n) is 19.9. The van der Waals surface area contributed by atoms with Crippen LogP contribution in [0.25, 0.3) is 17.0 Å². The fraction of sp³-hybridized carbons (Fsp3) is 0.222. The molecular formula is C27H25N3O3S2. The second-order valence-electron chi connectivity index (χ2n) is 8.28. The Hall–Kier alpha value is -3.36. The molecule has 0 unspecified atom stereocenters. The van der Waals surface area contributed by atoms with Crippen molar-refractivity contribution < 1.29 is 9.53 Å². The molecule has 0 fully saturated rings. The second kappa shape index (κ2) is 9.36. The molecule has 0 radical (unpaired) electrons. The molecule has 8 heteroatoms. The van der Waals surface area contributed by atoms with E-state index in [2.05, 4.69) is 9.98 Å². The van der Waals surface area contributed by atoms with Gasteiger partial charge in [0.15, 0.2) is 4.80 Å². The summed E-state index contributed by atoms with van der Waals surface area (Å²) in [6.07, 6.45) is 3.94. The molecule has 0 bridgehead atoms. The maximum absolute atomic E-state index is 13.8. The maximum Gasteiger partial charge on any atom is 0.338 e. The minimum absolute atomic E-state index is 0.174. The quantitative estimate of drug-likeness (QED) is 0.325. The number of aromatic nitrogens is 2. The number of allylic oxidation sites excluding steroid dienone is 1. The monoisotopic (exact) mass is 503 g/mol. The van der Waals surface area contributed by atoms with Crippen molar-refractivity contribution in [2.45, 2.75) is 31.7 Å². The summed E-state index contributed by atoms with van der Waals surface area (Å²) >= 11 is 2.98. The van der Waals surface area contributed by atoms with Gasteiger partial charge in [-0.3, -0.25) is 9.36 Å². The molecule has 35 heavy (non-hydrogen) atoms. The van der Waals surface area contributed by atoms with Crippen molar-refractivity contribution in [1.29, 1.82) is 0 Å². The van der Waals surface area contributed by atoms with E-state index in [1.165, 1.54) is 11.3 Å². The Bertz CT molecular complexity index is 1660. The van der Waals surface area contributed by atoms with Gasteiger partial charge in [0, 0.05) is 27.1 Å². The lowest BCUT2D eigenvalue weighted by Crippen LogP contribution is -2.39. The third-order valence-electron chi connectivity index (χ3n) is 6.17. The third-order valence-corrected chi connectivity index (χ3v) is 7.89. The number of thiazole rings is 1. The first kappa shape index (κ1) is 23.4. The lowest BCUT2D eigenvalue weighted by atomic mass is 9.96. The van der Waals surface area contributed by atoms with Gasteiger partial charge in [-0.1, -0.05) is 41.7 Å². The number of rotatable bonds is 5. The number of hydrogen-bond donors (Lipinski definition) is 1. The lowest BCUT2D eigenvalue weighted by Gasteiger charge is -2.24. The van der Waals surface area contributed by atoms with Gasteiger partial charge in [-0.2, -0.15) is 0 Å². The summed E-state index contributed by atoms with van der Waals surface area (Å²) in [6.45, 7) is 5.82. The van der Waals surface area contributed by atoms with Crippen molar-refractivity contribution >= 4 is 46.0 Å². The van der Waals surface area contributed by atoms with Crippen LogP contribution in [0.4, 0.5) is 0 Å². The minimum atomic E-state index is -0.604. The number of thioether (sulfide) groups is 1. The first-order chi connectivity index (χ1) is 16.9. The molecule has 1 aliphatic rings. The molecule has 0 saturated carbocycles. The van der Waals surface area contributed by atoms with Crippen molar-refractivity contribution in [3.8, 4) is 0 Å². The molecule has 1 aliphatic heterocycles. The molecule has 3 heterocycles. The van der Waals surface area contributed by atoms with E-state index in [0.717, 1.165) is 32.6 Å². The number of aromatic amines is 1. The first-order valence-electron chi connectivity index (χ1n) is 11.3. The van der Waals surface area contributed by atoms with Crippen molar-refractivity contribution in [2.75, 3.05) is 12.9 Å². The molecule has 0 aliphatic carbocycles. The van der Waals surface area contributed by atoms with Gasteiger partial charge in [-0.15, -0.1) is 11.8 Å². The van der Waals surface area contributed by atoms with Gasteiger partial charge in [0.2, 0.25) is 0 Å². The molecule has 5 rings (SSSR count). The molecular weight excluding hydrogens is 478 g/mol. The van der Waals surface area contributed by atoms with Crippen molar-refractivity contribution in [2.24, 2.45) is 4.99 Å². The number of esters is 1. The number of benzene rings is 2. The topological polar surface area (TPSA) is 76.4 Å². The van der Waals surface area contributed by atoms with Crippen LogP contribution < -0.4 is 14.9 Å². The van der Waals surface area contributed by atoms with Crippen LogP contribution in [-0.2, 0) is 9.53 Å². The molecule has 2 aromatic carbocycles. The standard InChI is InChI=1S/C27H25N3O3S2/c1-5-33-26(32)23-16(3)29-27-30(24(23)17-10-12-18(34-4)13-11-17)25(31)22(35-27)14-20-15(2)28-21-9-7-6-8-19(20)21/h6-14,24,28H,5H2,1-4H3/t24-/m0/s1. The lowest BCUT2D eigenvalue weighted by molar-refractivity contribution is -0.139. The molecule has 2 aromatic heterocycles. The summed E-state index contributed by atoms with van der Waals surface area (Å²) in [5, 5.41) is 1.06. The maximum atomic E-state index is 13.8. The Kier molecular flexibility index (Phi) is 6.25. The van der Waals surface area contributed by atoms with E-state index < -0.39 is 12.0 Å². The predicted octanol–water partition coefficient (Wildman–Crippen LogP) is 4.31. The van der Waals surface area contributed by atoms with Crippen LogP contribution in [0.5, 0.6) is 0 Å². The number of H-pyrrole nitrogens is 1. The highest BCUT2D eigenvalue weighted by Gasteiger charge is 2.33. The Morgan fingerprint density at radius 3 is 2.66 bits per heavy atom. The summed E-state index contributed by atoms with van der Waals surface area (Å²) in [4.78, 5) is 36.6. The van der Waals surface area contributed by atoms with Gasteiger partial charge in [0.05, 0.1) is 28.5 Å². The molecule has 1 N–H and O–H groups in total. The Morgan fingerprint density at radius 2 is 1.94 bits per heavy atom. The first-order valence-corrected chi connectivity index (χ1v) is 13.4. The number of ether oxygens (including phenoxy) is 1. The Balaban J connectivity index is 1.75. The summed E-state index contributed by atoms with van der Waals surface area (Å²) in [7, 11) is 0. The van der Waals surface area contributed by atoms with Crippen LogP contribution >= 0.6 is 23.1 Å². The summed E-state index contributed by atoms with van der Waals surface area (Å²) in [5.74, 6) is -0.450. The van der Waals surface area contributed by atoms with E-state index in [9.17, 15) is 9.59 Å². The summed E-state index contributed by atoms with van der Waals surface area (Å²) in [5.41, 5.74) is 4.63. The molecule has 6 nitrogen and oxygen atoms in total. The molecule has 1 atom stereocenters. The number of hydrogen-bond acceptors (Lipinski definition) is 6. The van der Waals surface area contributed by atoms with Crippen LogP contribution in [0.3, 0.4) is 0 Å². The normalized spacial score (nSPS) is 15.9. The average molecular weight is 504 g/mol. The van der Waals surface area contributed by atoms with E-state index in [1.54, 1.807) is 30.2 Å². The molecule has 178 valence electrons. The van der Waals surface area contributed by atoms with E-state index in [1.807, 2.05) is 67.8 Å².